The van der Waals surface area contributed by atoms with Crippen molar-refractivity contribution in [2.45, 2.75) is 38.1 Å². The number of pyridine rings is 1. The third kappa shape index (κ3) is 4.07. The van der Waals surface area contributed by atoms with Gasteiger partial charge in [-0.1, -0.05) is 44.2 Å². The second-order valence-electron chi connectivity index (χ2n) is 7.67. The molecule has 0 amide bonds. The van der Waals surface area contributed by atoms with E-state index in [1.54, 1.807) is 29.1 Å². The molecule has 0 saturated heterocycles. The highest BCUT2D eigenvalue weighted by molar-refractivity contribution is 7.92. The molecular formula is C23H24N4O2S. The molecule has 7 heteroatoms. The Morgan fingerprint density at radius 2 is 1.83 bits per heavy atom. The number of aryl methyl sites for hydroxylation is 1. The summed E-state index contributed by atoms with van der Waals surface area (Å²) in [5.74, 6) is 0.779. The fourth-order valence-electron chi connectivity index (χ4n) is 3.47. The highest BCUT2D eigenvalue weighted by Gasteiger charge is 2.18. The summed E-state index contributed by atoms with van der Waals surface area (Å²) in [7, 11) is -3.72. The molecule has 1 N–H and O–H groups in total. The number of benzene rings is 2. The zero-order chi connectivity index (χ0) is 21.3. The van der Waals surface area contributed by atoms with Crippen LogP contribution < -0.4 is 4.72 Å². The standard InChI is InChI=1S/C23H24N4O2S/c1-16(2)18-7-9-21(10-8-18)30(28,29)26-23-13-17(3)25-27(23)15-20-6-4-5-19-14-24-12-11-22(19)20/h4-14,16,26H,15H2,1-3H3. The second-order valence-corrected chi connectivity index (χ2v) is 9.35. The SMILES string of the molecule is Cc1cc(NS(=O)(=O)c2ccc(C(C)C)cc2)n(Cc2cccc3cnccc23)n1. The Hall–Kier alpha value is -3.19. The molecule has 0 fully saturated rings. The van der Waals surface area contributed by atoms with Crippen LogP contribution in [-0.4, -0.2) is 23.2 Å². The molecule has 2 heterocycles. The zero-order valence-corrected chi connectivity index (χ0v) is 18.0. The quantitative estimate of drug-likeness (QED) is 0.490. The van der Waals surface area contributed by atoms with Crippen LogP contribution in [0.15, 0.2) is 71.9 Å². The Kier molecular flexibility index (Phi) is 5.30. The molecule has 0 aliphatic carbocycles. The van der Waals surface area contributed by atoms with Crippen LogP contribution in [0, 0.1) is 6.92 Å². The Morgan fingerprint density at radius 1 is 1.07 bits per heavy atom. The van der Waals surface area contributed by atoms with Crippen LogP contribution >= 0.6 is 0 Å². The summed E-state index contributed by atoms with van der Waals surface area (Å²) in [4.78, 5) is 4.40. The van der Waals surface area contributed by atoms with E-state index in [-0.39, 0.29) is 4.90 Å². The molecule has 4 rings (SSSR count). The minimum absolute atomic E-state index is 0.230. The third-order valence-corrected chi connectivity index (χ3v) is 6.46. The maximum Gasteiger partial charge on any atom is 0.263 e. The van der Waals surface area contributed by atoms with Crippen molar-refractivity contribution in [3.63, 3.8) is 0 Å². The molecular weight excluding hydrogens is 396 g/mol. The number of hydrogen-bond donors (Lipinski definition) is 1. The van der Waals surface area contributed by atoms with Gasteiger partial charge in [-0.05, 0) is 47.6 Å². The molecule has 2 aromatic heterocycles. The number of rotatable bonds is 6. The lowest BCUT2D eigenvalue weighted by atomic mass is 10.0. The normalized spacial score (nSPS) is 11.9. The molecule has 154 valence electrons. The lowest BCUT2D eigenvalue weighted by Crippen LogP contribution is -2.17. The van der Waals surface area contributed by atoms with E-state index in [2.05, 4.69) is 28.7 Å². The predicted molar refractivity (Wildman–Crippen MR) is 119 cm³/mol. The summed E-state index contributed by atoms with van der Waals surface area (Å²) in [6.45, 7) is 6.44. The molecule has 0 atom stereocenters. The van der Waals surface area contributed by atoms with Gasteiger partial charge in [0.05, 0.1) is 17.1 Å². The summed E-state index contributed by atoms with van der Waals surface area (Å²) in [6.07, 6.45) is 3.57. The number of anilines is 1. The average Bonchev–Trinajstić information content (AvgIpc) is 3.06. The summed E-state index contributed by atoms with van der Waals surface area (Å²) in [6, 6.07) is 16.7. The van der Waals surface area contributed by atoms with Crippen molar-refractivity contribution in [2.24, 2.45) is 0 Å². The van der Waals surface area contributed by atoms with Gasteiger partial charge >= 0.3 is 0 Å². The minimum Gasteiger partial charge on any atom is -0.264 e. The van der Waals surface area contributed by atoms with Crippen molar-refractivity contribution in [3.05, 3.63) is 83.8 Å². The first-order chi connectivity index (χ1) is 14.3. The summed E-state index contributed by atoms with van der Waals surface area (Å²) >= 11 is 0. The summed E-state index contributed by atoms with van der Waals surface area (Å²) < 4.78 is 30.3. The fraction of sp³-hybridized carbons (Fsp3) is 0.217. The van der Waals surface area contributed by atoms with Crippen molar-refractivity contribution in [3.8, 4) is 0 Å². The van der Waals surface area contributed by atoms with Crippen LogP contribution in [0.5, 0.6) is 0 Å². The van der Waals surface area contributed by atoms with Crippen molar-refractivity contribution >= 4 is 26.6 Å². The molecule has 0 aliphatic rings. The number of nitrogens with zero attached hydrogens (tertiary/aromatic N) is 3. The number of nitrogens with one attached hydrogen (secondary N) is 1. The molecule has 0 bridgehead atoms. The first kappa shape index (κ1) is 20.1. The number of fused-ring (bicyclic) bond motifs is 1. The van der Waals surface area contributed by atoms with Gasteiger partial charge in [0.15, 0.2) is 0 Å². The van der Waals surface area contributed by atoms with E-state index in [1.165, 1.54) is 0 Å². The van der Waals surface area contributed by atoms with Crippen LogP contribution in [0.1, 0.15) is 36.6 Å². The largest absolute Gasteiger partial charge is 0.264 e. The van der Waals surface area contributed by atoms with Gasteiger partial charge in [0, 0.05) is 23.8 Å². The summed E-state index contributed by atoms with van der Waals surface area (Å²) in [5.41, 5.74) is 2.88. The summed E-state index contributed by atoms with van der Waals surface area (Å²) in [5, 5.41) is 6.60. The Morgan fingerprint density at radius 3 is 2.57 bits per heavy atom. The smallest absolute Gasteiger partial charge is 0.263 e. The maximum absolute atomic E-state index is 12.9. The van der Waals surface area contributed by atoms with Gasteiger partial charge in [0.2, 0.25) is 0 Å². The Balaban J connectivity index is 1.65. The van der Waals surface area contributed by atoms with E-state index in [0.29, 0.717) is 18.3 Å². The highest BCUT2D eigenvalue weighted by atomic mass is 32.2. The second kappa shape index (κ2) is 7.91. The Labute approximate surface area is 176 Å². The first-order valence-electron chi connectivity index (χ1n) is 9.82. The van der Waals surface area contributed by atoms with Crippen molar-refractivity contribution in [2.75, 3.05) is 4.72 Å². The van der Waals surface area contributed by atoms with Crippen LogP contribution in [0.2, 0.25) is 0 Å². The fourth-order valence-corrected chi connectivity index (χ4v) is 4.52. The van der Waals surface area contributed by atoms with Gasteiger partial charge in [0.25, 0.3) is 10.0 Å². The maximum atomic E-state index is 12.9. The molecule has 2 aromatic carbocycles. The molecule has 0 aliphatic heterocycles. The lowest BCUT2D eigenvalue weighted by Gasteiger charge is -2.13. The van der Waals surface area contributed by atoms with E-state index in [9.17, 15) is 8.42 Å². The number of hydrogen-bond acceptors (Lipinski definition) is 4. The zero-order valence-electron chi connectivity index (χ0n) is 17.2. The van der Waals surface area contributed by atoms with Gasteiger partial charge in [-0.15, -0.1) is 0 Å². The van der Waals surface area contributed by atoms with Crippen LogP contribution in [-0.2, 0) is 16.6 Å². The Bertz CT molecular complexity index is 1290. The van der Waals surface area contributed by atoms with Crippen LogP contribution in [0.3, 0.4) is 0 Å². The monoisotopic (exact) mass is 420 g/mol. The lowest BCUT2D eigenvalue weighted by molar-refractivity contribution is 0.599. The molecule has 0 radical (unpaired) electrons. The molecule has 0 unspecified atom stereocenters. The van der Waals surface area contributed by atoms with Gasteiger partial charge in [-0.2, -0.15) is 5.10 Å². The average molecular weight is 421 g/mol. The van der Waals surface area contributed by atoms with Crippen LogP contribution in [0.4, 0.5) is 5.82 Å². The van der Waals surface area contributed by atoms with Crippen molar-refractivity contribution in [1.82, 2.24) is 14.8 Å². The highest BCUT2D eigenvalue weighted by Crippen LogP contribution is 2.23. The van der Waals surface area contributed by atoms with E-state index < -0.39 is 10.0 Å². The van der Waals surface area contributed by atoms with Gasteiger partial charge in [-0.25, -0.2) is 13.1 Å². The van der Waals surface area contributed by atoms with Gasteiger partial charge in [0.1, 0.15) is 5.82 Å². The van der Waals surface area contributed by atoms with Crippen molar-refractivity contribution in [1.29, 1.82) is 0 Å². The predicted octanol–water partition coefficient (Wildman–Crippen LogP) is 4.71. The topological polar surface area (TPSA) is 76.9 Å². The van der Waals surface area contributed by atoms with Gasteiger partial charge in [-0.3, -0.25) is 9.71 Å². The molecule has 0 spiro atoms. The van der Waals surface area contributed by atoms with E-state index in [4.69, 9.17) is 0 Å². The molecule has 30 heavy (non-hydrogen) atoms. The third-order valence-electron chi connectivity index (χ3n) is 5.09. The number of aromatic nitrogens is 3. The first-order valence-corrected chi connectivity index (χ1v) is 11.3. The van der Waals surface area contributed by atoms with E-state index in [0.717, 1.165) is 27.6 Å². The molecule has 4 aromatic rings. The molecule has 6 nitrogen and oxygen atoms in total. The molecule has 0 saturated carbocycles. The van der Waals surface area contributed by atoms with Gasteiger partial charge < -0.3 is 0 Å². The van der Waals surface area contributed by atoms with E-state index in [1.807, 2.05) is 49.5 Å². The van der Waals surface area contributed by atoms with Crippen LogP contribution in [0.25, 0.3) is 10.8 Å². The minimum atomic E-state index is -3.72. The van der Waals surface area contributed by atoms with E-state index >= 15 is 0 Å². The number of sulfonamides is 1. The van der Waals surface area contributed by atoms with Crippen molar-refractivity contribution < 1.29 is 8.42 Å².